The Morgan fingerprint density at radius 2 is 1.95 bits per heavy atom. The van der Waals surface area contributed by atoms with E-state index in [1.807, 2.05) is 18.3 Å². The van der Waals surface area contributed by atoms with Crippen LogP contribution in [0.1, 0.15) is 19.4 Å². The van der Waals surface area contributed by atoms with Crippen molar-refractivity contribution in [3.63, 3.8) is 0 Å². The minimum Gasteiger partial charge on any atom is -0.349 e. The number of hydrogen-bond acceptors (Lipinski definition) is 3. The standard InChI is InChI=1S/C16H25N3/c1-5-9-19(10-6-2)16-8-7-15(13-18-16)12-17-11-14(3)4/h5-8,13-14,17H,1-2,9-12H2,3-4H3. The molecule has 1 aromatic heterocycles. The number of hydrogen-bond donors (Lipinski definition) is 1. The van der Waals surface area contributed by atoms with E-state index in [1.54, 1.807) is 0 Å². The molecule has 0 radical (unpaired) electrons. The van der Waals surface area contributed by atoms with Gasteiger partial charge in [0.15, 0.2) is 0 Å². The van der Waals surface area contributed by atoms with Gasteiger partial charge in [-0.15, -0.1) is 13.2 Å². The van der Waals surface area contributed by atoms with E-state index in [0.29, 0.717) is 5.92 Å². The molecule has 104 valence electrons. The van der Waals surface area contributed by atoms with Crippen molar-refractivity contribution in [3.8, 4) is 0 Å². The Morgan fingerprint density at radius 3 is 2.42 bits per heavy atom. The molecule has 0 aromatic carbocycles. The second-order valence-electron chi connectivity index (χ2n) is 5.03. The molecule has 1 N–H and O–H groups in total. The molecule has 0 aliphatic rings. The van der Waals surface area contributed by atoms with E-state index in [1.165, 1.54) is 5.56 Å². The maximum atomic E-state index is 4.50. The van der Waals surface area contributed by atoms with E-state index in [2.05, 4.69) is 54.3 Å². The summed E-state index contributed by atoms with van der Waals surface area (Å²) in [5.41, 5.74) is 1.21. The molecule has 0 saturated heterocycles. The second-order valence-corrected chi connectivity index (χ2v) is 5.03. The summed E-state index contributed by atoms with van der Waals surface area (Å²) < 4.78 is 0. The minimum atomic E-state index is 0.669. The topological polar surface area (TPSA) is 28.2 Å². The van der Waals surface area contributed by atoms with Gasteiger partial charge in [0.25, 0.3) is 0 Å². The molecule has 1 aromatic rings. The molecule has 1 heterocycles. The van der Waals surface area contributed by atoms with E-state index >= 15 is 0 Å². The number of aromatic nitrogens is 1. The monoisotopic (exact) mass is 259 g/mol. The van der Waals surface area contributed by atoms with Gasteiger partial charge in [0.2, 0.25) is 0 Å². The van der Waals surface area contributed by atoms with Crippen LogP contribution >= 0.6 is 0 Å². The van der Waals surface area contributed by atoms with Gasteiger partial charge >= 0.3 is 0 Å². The zero-order chi connectivity index (χ0) is 14.1. The molecule has 0 atom stereocenters. The molecule has 0 fully saturated rings. The van der Waals surface area contributed by atoms with E-state index in [4.69, 9.17) is 0 Å². The molecule has 0 aliphatic carbocycles. The lowest BCUT2D eigenvalue weighted by Gasteiger charge is -2.20. The average Bonchev–Trinajstić information content (AvgIpc) is 2.39. The number of pyridine rings is 1. The van der Waals surface area contributed by atoms with Gasteiger partial charge < -0.3 is 10.2 Å². The SMILES string of the molecule is C=CCN(CC=C)c1ccc(CNCC(C)C)cn1. The Morgan fingerprint density at radius 1 is 1.26 bits per heavy atom. The maximum Gasteiger partial charge on any atom is 0.129 e. The molecule has 19 heavy (non-hydrogen) atoms. The van der Waals surface area contributed by atoms with Crippen molar-refractivity contribution in [2.45, 2.75) is 20.4 Å². The summed E-state index contributed by atoms with van der Waals surface area (Å²) in [5, 5.41) is 3.41. The van der Waals surface area contributed by atoms with Gasteiger partial charge in [-0.1, -0.05) is 32.1 Å². The molecule has 3 heteroatoms. The van der Waals surface area contributed by atoms with E-state index in [-0.39, 0.29) is 0 Å². The number of anilines is 1. The Balaban J connectivity index is 2.58. The van der Waals surface area contributed by atoms with Crippen molar-refractivity contribution >= 4 is 5.82 Å². The second kappa shape index (κ2) is 8.48. The average molecular weight is 259 g/mol. The highest BCUT2D eigenvalue weighted by atomic mass is 15.2. The van der Waals surface area contributed by atoms with Crippen LogP contribution in [0.2, 0.25) is 0 Å². The minimum absolute atomic E-state index is 0.669. The summed E-state index contributed by atoms with van der Waals surface area (Å²) in [6.07, 6.45) is 5.69. The zero-order valence-corrected chi connectivity index (χ0v) is 12.1. The van der Waals surface area contributed by atoms with Gasteiger partial charge in [0, 0.05) is 25.8 Å². The third-order valence-corrected chi connectivity index (χ3v) is 2.71. The number of nitrogens with one attached hydrogen (secondary N) is 1. The smallest absolute Gasteiger partial charge is 0.129 e. The van der Waals surface area contributed by atoms with Crippen LogP contribution in [-0.2, 0) is 6.54 Å². The van der Waals surface area contributed by atoms with E-state index in [9.17, 15) is 0 Å². The molecule has 0 amide bonds. The first-order valence-electron chi connectivity index (χ1n) is 6.79. The predicted molar refractivity (Wildman–Crippen MR) is 83.4 cm³/mol. The van der Waals surface area contributed by atoms with Gasteiger partial charge in [-0.25, -0.2) is 4.98 Å². The molecule has 0 saturated carbocycles. The van der Waals surface area contributed by atoms with Crippen LogP contribution in [0.15, 0.2) is 43.6 Å². The van der Waals surface area contributed by atoms with Crippen LogP contribution in [0, 0.1) is 5.92 Å². The van der Waals surface area contributed by atoms with Crippen molar-refractivity contribution in [1.82, 2.24) is 10.3 Å². The van der Waals surface area contributed by atoms with Crippen molar-refractivity contribution in [3.05, 3.63) is 49.2 Å². The van der Waals surface area contributed by atoms with Crippen LogP contribution in [0.5, 0.6) is 0 Å². The fraction of sp³-hybridized carbons (Fsp3) is 0.438. The Bertz CT molecular complexity index is 371. The quantitative estimate of drug-likeness (QED) is 0.691. The lowest BCUT2D eigenvalue weighted by atomic mass is 10.2. The third-order valence-electron chi connectivity index (χ3n) is 2.71. The summed E-state index contributed by atoms with van der Waals surface area (Å²) in [5.74, 6) is 1.63. The van der Waals surface area contributed by atoms with Gasteiger partial charge in [0.05, 0.1) is 0 Å². The zero-order valence-electron chi connectivity index (χ0n) is 12.1. The van der Waals surface area contributed by atoms with Gasteiger partial charge in [0.1, 0.15) is 5.82 Å². The lowest BCUT2D eigenvalue weighted by molar-refractivity contribution is 0.552. The summed E-state index contributed by atoms with van der Waals surface area (Å²) in [7, 11) is 0. The summed E-state index contributed by atoms with van der Waals surface area (Å²) in [6, 6.07) is 4.17. The van der Waals surface area contributed by atoms with Gasteiger partial charge in [-0.05, 0) is 24.1 Å². The summed E-state index contributed by atoms with van der Waals surface area (Å²) >= 11 is 0. The molecule has 3 nitrogen and oxygen atoms in total. The number of rotatable bonds is 9. The summed E-state index contributed by atoms with van der Waals surface area (Å²) in [4.78, 5) is 6.63. The Hall–Kier alpha value is -1.61. The molecule has 0 unspecified atom stereocenters. The highest BCUT2D eigenvalue weighted by Crippen LogP contribution is 2.11. The van der Waals surface area contributed by atoms with Crippen molar-refractivity contribution in [2.75, 3.05) is 24.5 Å². The fourth-order valence-electron chi connectivity index (χ4n) is 1.79. The van der Waals surface area contributed by atoms with Crippen LogP contribution < -0.4 is 10.2 Å². The largest absolute Gasteiger partial charge is 0.349 e. The first-order chi connectivity index (χ1) is 9.17. The molecule has 0 bridgehead atoms. The number of nitrogens with zero attached hydrogens (tertiary/aromatic N) is 2. The maximum absolute atomic E-state index is 4.50. The molecular weight excluding hydrogens is 234 g/mol. The molecule has 1 rings (SSSR count). The molecule has 0 aliphatic heterocycles. The first-order valence-corrected chi connectivity index (χ1v) is 6.79. The molecule has 0 spiro atoms. The van der Waals surface area contributed by atoms with Gasteiger partial charge in [-0.3, -0.25) is 0 Å². The van der Waals surface area contributed by atoms with Gasteiger partial charge in [-0.2, -0.15) is 0 Å². The van der Waals surface area contributed by atoms with Crippen LogP contribution in [-0.4, -0.2) is 24.6 Å². The van der Waals surface area contributed by atoms with Crippen LogP contribution in [0.4, 0.5) is 5.82 Å². The third kappa shape index (κ3) is 5.71. The lowest BCUT2D eigenvalue weighted by Crippen LogP contribution is -2.24. The fourth-order valence-corrected chi connectivity index (χ4v) is 1.79. The van der Waals surface area contributed by atoms with Crippen LogP contribution in [0.25, 0.3) is 0 Å². The predicted octanol–water partition coefficient (Wildman–Crippen LogP) is 3.01. The van der Waals surface area contributed by atoms with Crippen molar-refractivity contribution in [2.24, 2.45) is 5.92 Å². The Labute approximate surface area is 117 Å². The van der Waals surface area contributed by atoms with Crippen molar-refractivity contribution in [1.29, 1.82) is 0 Å². The first kappa shape index (κ1) is 15.4. The summed E-state index contributed by atoms with van der Waals surface area (Å²) in [6.45, 7) is 15.4. The normalized spacial score (nSPS) is 10.5. The van der Waals surface area contributed by atoms with E-state index in [0.717, 1.165) is 32.0 Å². The highest BCUT2D eigenvalue weighted by molar-refractivity contribution is 5.40. The van der Waals surface area contributed by atoms with Crippen LogP contribution in [0.3, 0.4) is 0 Å². The van der Waals surface area contributed by atoms with E-state index < -0.39 is 0 Å². The Kier molecular flexibility index (Phi) is 6.90. The highest BCUT2D eigenvalue weighted by Gasteiger charge is 2.04. The van der Waals surface area contributed by atoms with Crippen molar-refractivity contribution < 1.29 is 0 Å². The molecular formula is C16H25N3.